The summed E-state index contributed by atoms with van der Waals surface area (Å²) in [6.07, 6.45) is 9.94. The lowest BCUT2D eigenvalue weighted by atomic mass is 9.77. The van der Waals surface area contributed by atoms with Gasteiger partial charge in [0.2, 0.25) is 0 Å². The highest BCUT2D eigenvalue weighted by Gasteiger charge is 2.25. The molecule has 1 aromatic heterocycles. The predicted octanol–water partition coefficient (Wildman–Crippen LogP) is 2.12. The van der Waals surface area contributed by atoms with Gasteiger partial charge in [0.15, 0.2) is 0 Å². The van der Waals surface area contributed by atoms with Crippen molar-refractivity contribution in [2.24, 2.45) is 24.6 Å². The molecule has 0 amide bonds. The van der Waals surface area contributed by atoms with Gasteiger partial charge in [-0.2, -0.15) is 0 Å². The number of hydrogen-bond donors (Lipinski definition) is 1. The van der Waals surface area contributed by atoms with E-state index in [1.165, 1.54) is 31.5 Å². The molecule has 3 unspecified atom stereocenters. The van der Waals surface area contributed by atoms with Crippen LogP contribution in [0.1, 0.15) is 38.4 Å². The molecule has 3 atom stereocenters. The molecule has 3 nitrogen and oxygen atoms in total. The quantitative estimate of drug-likeness (QED) is 0.849. The van der Waals surface area contributed by atoms with Crippen LogP contribution in [-0.4, -0.2) is 15.6 Å². The third kappa shape index (κ3) is 2.64. The van der Waals surface area contributed by atoms with Crippen LogP contribution in [0.2, 0.25) is 0 Å². The minimum absolute atomic E-state index is 0.413. The van der Waals surface area contributed by atoms with Crippen LogP contribution in [0, 0.1) is 11.8 Å². The Labute approximate surface area is 98.1 Å². The van der Waals surface area contributed by atoms with Crippen LogP contribution in [0.3, 0.4) is 0 Å². The molecule has 1 aromatic rings. The van der Waals surface area contributed by atoms with E-state index in [2.05, 4.69) is 23.5 Å². The molecule has 1 aliphatic rings. The highest BCUT2D eigenvalue weighted by Crippen LogP contribution is 2.30. The highest BCUT2D eigenvalue weighted by molar-refractivity contribution is 4.93. The van der Waals surface area contributed by atoms with Crippen LogP contribution in [0.25, 0.3) is 0 Å². The van der Waals surface area contributed by atoms with Gasteiger partial charge in [-0.3, -0.25) is 0 Å². The van der Waals surface area contributed by atoms with Gasteiger partial charge >= 0.3 is 0 Å². The average molecular weight is 221 g/mol. The first-order chi connectivity index (χ1) is 7.66. The Morgan fingerprint density at radius 3 is 3.00 bits per heavy atom. The number of aryl methyl sites for hydroxylation is 2. The molecule has 0 spiro atoms. The summed E-state index contributed by atoms with van der Waals surface area (Å²) in [5, 5.41) is 0. The van der Waals surface area contributed by atoms with E-state index in [9.17, 15) is 0 Å². The molecule has 1 saturated carbocycles. The van der Waals surface area contributed by atoms with E-state index in [1.54, 1.807) is 0 Å². The summed E-state index contributed by atoms with van der Waals surface area (Å²) >= 11 is 0. The summed E-state index contributed by atoms with van der Waals surface area (Å²) in [4.78, 5) is 4.37. The first-order valence-electron chi connectivity index (χ1n) is 6.38. The van der Waals surface area contributed by atoms with Crippen molar-refractivity contribution in [1.29, 1.82) is 0 Å². The molecule has 2 N–H and O–H groups in total. The van der Waals surface area contributed by atoms with E-state index >= 15 is 0 Å². The van der Waals surface area contributed by atoms with Gasteiger partial charge in [0, 0.05) is 31.9 Å². The fraction of sp³-hybridized carbons (Fsp3) is 0.769. The van der Waals surface area contributed by atoms with Crippen molar-refractivity contribution in [1.82, 2.24) is 9.55 Å². The van der Waals surface area contributed by atoms with Gasteiger partial charge < -0.3 is 10.3 Å². The standard InChI is InChI=1S/C13H23N3/c1-10-3-5-12(14)11(9-10)4-6-13-15-7-8-16(13)2/h7-8,10-12H,3-6,9,14H2,1-2H3. The maximum Gasteiger partial charge on any atom is 0.108 e. The molecule has 1 fully saturated rings. The molecular weight excluding hydrogens is 198 g/mol. The number of nitrogens with two attached hydrogens (primary N) is 1. The zero-order valence-electron chi connectivity index (χ0n) is 10.4. The molecule has 16 heavy (non-hydrogen) atoms. The monoisotopic (exact) mass is 221 g/mol. The number of aromatic nitrogens is 2. The molecule has 90 valence electrons. The summed E-state index contributed by atoms with van der Waals surface area (Å²) in [6.45, 7) is 2.35. The Morgan fingerprint density at radius 2 is 2.31 bits per heavy atom. The Balaban J connectivity index is 1.87. The molecule has 0 saturated heterocycles. The van der Waals surface area contributed by atoms with Gasteiger partial charge in [-0.1, -0.05) is 6.92 Å². The average Bonchev–Trinajstić information content (AvgIpc) is 2.66. The van der Waals surface area contributed by atoms with Gasteiger partial charge in [-0.05, 0) is 37.5 Å². The maximum atomic E-state index is 6.19. The summed E-state index contributed by atoms with van der Waals surface area (Å²) in [6, 6.07) is 0.413. The molecule has 3 heteroatoms. The second kappa shape index (κ2) is 5.00. The van der Waals surface area contributed by atoms with E-state index in [1.807, 2.05) is 12.4 Å². The van der Waals surface area contributed by atoms with Crippen LogP contribution in [-0.2, 0) is 13.5 Å². The van der Waals surface area contributed by atoms with Gasteiger partial charge in [-0.15, -0.1) is 0 Å². The molecular formula is C13H23N3. The molecule has 2 rings (SSSR count). The van der Waals surface area contributed by atoms with Gasteiger partial charge in [0.25, 0.3) is 0 Å². The van der Waals surface area contributed by atoms with Crippen molar-refractivity contribution >= 4 is 0 Å². The fourth-order valence-electron chi connectivity index (χ4n) is 2.81. The second-order valence-electron chi connectivity index (χ2n) is 5.34. The molecule has 0 bridgehead atoms. The molecule has 0 radical (unpaired) electrons. The van der Waals surface area contributed by atoms with Crippen LogP contribution < -0.4 is 5.73 Å². The van der Waals surface area contributed by atoms with E-state index in [4.69, 9.17) is 5.73 Å². The van der Waals surface area contributed by atoms with Crippen molar-refractivity contribution in [2.45, 2.75) is 45.1 Å². The SMILES string of the molecule is CC1CCC(N)C(CCc2nccn2C)C1. The Morgan fingerprint density at radius 1 is 1.50 bits per heavy atom. The van der Waals surface area contributed by atoms with E-state index in [0.717, 1.165) is 12.3 Å². The lowest BCUT2D eigenvalue weighted by Crippen LogP contribution is -2.35. The number of nitrogens with zero attached hydrogens (tertiary/aromatic N) is 2. The lowest BCUT2D eigenvalue weighted by Gasteiger charge is -2.32. The van der Waals surface area contributed by atoms with Crippen LogP contribution in [0.5, 0.6) is 0 Å². The zero-order chi connectivity index (χ0) is 11.5. The largest absolute Gasteiger partial charge is 0.338 e. The third-order valence-corrected chi connectivity index (χ3v) is 3.96. The summed E-state index contributed by atoms with van der Waals surface area (Å²) in [5.74, 6) is 2.73. The van der Waals surface area contributed by atoms with E-state index in [0.29, 0.717) is 12.0 Å². The van der Waals surface area contributed by atoms with Crippen molar-refractivity contribution < 1.29 is 0 Å². The van der Waals surface area contributed by atoms with Crippen molar-refractivity contribution in [3.05, 3.63) is 18.2 Å². The number of hydrogen-bond acceptors (Lipinski definition) is 2. The first-order valence-corrected chi connectivity index (χ1v) is 6.38. The Kier molecular flexibility index (Phi) is 3.64. The van der Waals surface area contributed by atoms with Crippen LogP contribution in [0.4, 0.5) is 0 Å². The predicted molar refractivity (Wildman–Crippen MR) is 66.0 cm³/mol. The van der Waals surface area contributed by atoms with Crippen molar-refractivity contribution in [2.75, 3.05) is 0 Å². The lowest BCUT2D eigenvalue weighted by molar-refractivity contribution is 0.233. The normalized spacial score (nSPS) is 30.6. The highest BCUT2D eigenvalue weighted by atomic mass is 15.0. The smallest absolute Gasteiger partial charge is 0.108 e. The molecule has 1 heterocycles. The summed E-state index contributed by atoms with van der Waals surface area (Å²) in [7, 11) is 2.06. The molecule has 1 aliphatic carbocycles. The van der Waals surface area contributed by atoms with E-state index < -0.39 is 0 Å². The van der Waals surface area contributed by atoms with Gasteiger partial charge in [0.05, 0.1) is 0 Å². The van der Waals surface area contributed by atoms with Crippen molar-refractivity contribution in [3.8, 4) is 0 Å². The topological polar surface area (TPSA) is 43.8 Å². The van der Waals surface area contributed by atoms with Gasteiger partial charge in [0.1, 0.15) is 5.82 Å². The second-order valence-corrected chi connectivity index (χ2v) is 5.34. The first kappa shape index (κ1) is 11.6. The Bertz CT molecular complexity index is 332. The fourth-order valence-corrected chi connectivity index (χ4v) is 2.81. The van der Waals surface area contributed by atoms with E-state index in [-0.39, 0.29) is 0 Å². The summed E-state index contributed by atoms with van der Waals surface area (Å²) < 4.78 is 2.11. The van der Waals surface area contributed by atoms with Crippen LogP contribution >= 0.6 is 0 Å². The maximum absolute atomic E-state index is 6.19. The number of rotatable bonds is 3. The van der Waals surface area contributed by atoms with Crippen molar-refractivity contribution in [3.63, 3.8) is 0 Å². The third-order valence-electron chi connectivity index (χ3n) is 3.96. The summed E-state index contributed by atoms with van der Waals surface area (Å²) in [5.41, 5.74) is 6.19. The Hall–Kier alpha value is -0.830. The molecule has 0 aromatic carbocycles. The van der Waals surface area contributed by atoms with Crippen LogP contribution in [0.15, 0.2) is 12.4 Å². The minimum atomic E-state index is 0.413. The number of imidazole rings is 1. The zero-order valence-corrected chi connectivity index (χ0v) is 10.4. The van der Waals surface area contributed by atoms with Gasteiger partial charge in [-0.25, -0.2) is 4.98 Å². The molecule has 0 aliphatic heterocycles. The minimum Gasteiger partial charge on any atom is -0.338 e.